The van der Waals surface area contributed by atoms with Gasteiger partial charge in [0, 0.05) is 19.0 Å². The van der Waals surface area contributed by atoms with Gasteiger partial charge in [-0.15, -0.1) is 0 Å². The first-order valence-electron chi connectivity index (χ1n) is 10.1. The zero-order valence-electron chi connectivity index (χ0n) is 17.0. The Morgan fingerprint density at radius 2 is 1.96 bits per heavy atom. The van der Waals surface area contributed by atoms with Crippen LogP contribution in [-0.2, 0) is 14.9 Å². The highest BCUT2D eigenvalue weighted by Crippen LogP contribution is 2.46. The third-order valence-corrected chi connectivity index (χ3v) is 6.83. The van der Waals surface area contributed by atoms with Crippen molar-refractivity contribution in [2.45, 2.75) is 69.4 Å². The third-order valence-electron chi connectivity index (χ3n) is 6.83. The van der Waals surface area contributed by atoms with Crippen molar-refractivity contribution < 1.29 is 18.7 Å². The molecule has 1 N–H and O–H groups in total. The summed E-state index contributed by atoms with van der Waals surface area (Å²) in [6.07, 6.45) is 2.82. The zero-order valence-corrected chi connectivity index (χ0v) is 17.0. The van der Waals surface area contributed by atoms with Gasteiger partial charge in [-0.25, -0.2) is 9.18 Å². The molecule has 1 aromatic rings. The van der Waals surface area contributed by atoms with Crippen LogP contribution in [0, 0.1) is 11.7 Å². The quantitative estimate of drug-likeness (QED) is 0.859. The van der Waals surface area contributed by atoms with E-state index in [0.29, 0.717) is 25.4 Å². The number of likely N-dealkylation sites (N-methyl/N-ethyl adjacent to an activating group) is 1. The summed E-state index contributed by atoms with van der Waals surface area (Å²) in [6, 6.07) is 5.60. The molecule has 0 unspecified atom stereocenters. The summed E-state index contributed by atoms with van der Waals surface area (Å²) in [7, 11) is 1.74. The van der Waals surface area contributed by atoms with E-state index in [9.17, 15) is 14.0 Å². The molecular formula is C22H29FN2O3. The summed E-state index contributed by atoms with van der Waals surface area (Å²) < 4.78 is 19.2. The summed E-state index contributed by atoms with van der Waals surface area (Å²) in [5, 5.41) is 3.15. The van der Waals surface area contributed by atoms with Gasteiger partial charge in [-0.3, -0.25) is 4.79 Å². The van der Waals surface area contributed by atoms with Crippen molar-refractivity contribution in [1.29, 1.82) is 0 Å². The normalized spacial score (nSPS) is 32.0. The highest BCUT2D eigenvalue weighted by atomic mass is 19.1. The SMILES string of the molecule is CN1C(=O)OCC12CC(C(=O)NC1CC(c3ccc(F)c(C(C)(C)C)c3)C1)C2. The lowest BCUT2D eigenvalue weighted by Crippen LogP contribution is -2.59. The second kappa shape index (κ2) is 6.46. The topological polar surface area (TPSA) is 58.6 Å². The van der Waals surface area contributed by atoms with Crippen molar-refractivity contribution in [2.24, 2.45) is 5.92 Å². The minimum absolute atomic E-state index is 0.0469. The number of rotatable bonds is 3. The van der Waals surface area contributed by atoms with Crippen LogP contribution in [0.1, 0.15) is 63.5 Å². The Hall–Kier alpha value is -2.11. The van der Waals surface area contributed by atoms with E-state index in [1.54, 1.807) is 18.0 Å². The number of nitrogens with zero attached hydrogens (tertiary/aromatic N) is 1. The summed E-state index contributed by atoms with van der Waals surface area (Å²) in [5.41, 5.74) is 1.40. The fourth-order valence-electron chi connectivity index (χ4n) is 4.72. The highest BCUT2D eigenvalue weighted by Gasteiger charge is 2.56. The van der Waals surface area contributed by atoms with Crippen LogP contribution in [0.2, 0.25) is 0 Å². The highest BCUT2D eigenvalue weighted by molar-refractivity contribution is 5.81. The average Bonchev–Trinajstić information content (AvgIpc) is 2.84. The maximum atomic E-state index is 14.1. The molecule has 2 amide bonds. The van der Waals surface area contributed by atoms with E-state index in [4.69, 9.17) is 4.74 Å². The van der Waals surface area contributed by atoms with Gasteiger partial charge in [0.25, 0.3) is 0 Å². The Balaban J connectivity index is 1.29. The van der Waals surface area contributed by atoms with Crippen molar-refractivity contribution >= 4 is 12.0 Å². The monoisotopic (exact) mass is 388 g/mol. The Kier molecular flexibility index (Phi) is 4.43. The van der Waals surface area contributed by atoms with Gasteiger partial charge in [-0.1, -0.05) is 32.9 Å². The van der Waals surface area contributed by atoms with Crippen molar-refractivity contribution in [2.75, 3.05) is 13.7 Å². The van der Waals surface area contributed by atoms with Gasteiger partial charge in [0.05, 0.1) is 5.54 Å². The minimum atomic E-state index is -0.297. The average molecular weight is 388 g/mol. The Morgan fingerprint density at radius 1 is 1.29 bits per heavy atom. The van der Waals surface area contributed by atoms with Gasteiger partial charge in [0.2, 0.25) is 5.91 Å². The molecule has 1 aliphatic heterocycles. The number of carbonyl (C=O) groups excluding carboxylic acids is 2. The smallest absolute Gasteiger partial charge is 0.410 e. The van der Waals surface area contributed by atoms with E-state index < -0.39 is 0 Å². The fraction of sp³-hybridized carbons (Fsp3) is 0.636. The number of amides is 2. The summed E-state index contributed by atoms with van der Waals surface area (Å²) >= 11 is 0. The molecule has 152 valence electrons. The molecule has 6 heteroatoms. The van der Waals surface area contributed by atoms with Crippen molar-refractivity contribution in [1.82, 2.24) is 10.2 Å². The molecule has 2 aliphatic carbocycles. The Morgan fingerprint density at radius 3 is 2.54 bits per heavy atom. The molecule has 0 aromatic heterocycles. The molecule has 3 aliphatic rings. The summed E-state index contributed by atoms with van der Waals surface area (Å²) in [5.74, 6) is 0.246. The van der Waals surface area contributed by atoms with Gasteiger partial charge < -0.3 is 15.0 Å². The van der Waals surface area contributed by atoms with Crippen LogP contribution < -0.4 is 5.32 Å². The molecule has 0 bridgehead atoms. The molecule has 1 heterocycles. The molecule has 28 heavy (non-hydrogen) atoms. The number of hydrogen-bond donors (Lipinski definition) is 1. The first kappa shape index (κ1) is 19.2. The Labute approximate surface area is 165 Å². The van der Waals surface area contributed by atoms with Crippen LogP contribution in [0.15, 0.2) is 18.2 Å². The molecule has 3 fully saturated rings. The van der Waals surface area contributed by atoms with E-state index in [1.807, 2.05) is 32.9 Å². The molecule has 1 spiro atoms. The molecule has 4 rings (SSSR count). The van der Waals surface area contributed by atoms with Gasteiger partial charge >= 0.3 is 6.09 Å². The van der Waals surface area contributed by atoms with E-state index in [1.165, 1.54) is 0 Å². The largest absolute Gasteiger partial charge is 0.447 e. The lowest BCUT2D eigenvalue weighted by atomic mass is 9.67. The maximum Gasteiger partial charge on any atom is 0.410 e. The number of nitrogens with one attached hydrogen (secondary N) is 1. The fourth-order valence-corrected chi connectivity index (χ4v) is 4.72. The van der Waals surface area contributed by atoms with Crippen molar-refractivity contribution in [3.63, 3.8) is 0 Å². The number of carbonyl (C=O) groups is 2. The summed E-state index contributed by atoms with van der Waals surface area (Å²) in [4.78, 5) is 25.7. The second-order valence-corrected chi connectivity index (χ2v) is 9.81. The first-order chi connectivity index (χ1) is 13.1. The van der Waals surface area contributed by atoms with Crippen LogP contribution in [0.25, 0.3) is 0 Å². The molecule has 1 aromatic carbocycles. The maximum absolute atomic E-state index is 14.1. The number of hydrogen-bond acceptors (Lipinski definition) is 3. The van der Waals surface area contributed by atoms with E-state index in [-0.39, 0.29) is 40.7 Å². The van der Waals surface area contributed by atoms with Gasteiger partial charge in [-0.2, -0.15) is 0 Å². The van der Waals surface area contributed by atoms with Crippen molar-refractivity contribution in [3.05, 3.63) is 35.1 Å². The molecule has 0 radical (unpaired) electrons. The van der Waals surface area contributed by atoms with E-state index in [2.05, 4.69) is 5.32 Å². The number of halogens is 1. The van der Waals surface area contributed by atoms with E-state index >= 15 is 0 Å². The lowest BCUT2D eigenvalue weighted by molar-refractivity contribution is -0.133. The van der Waals surface area contributed by atoms with Gasteiger partial charge in [0.15, 0.2) is 0 Å². The molecule has 1 saturated heterocycles. The predicted octanol–water partition coefficient (Wildman–Crippen LogP) is 3.72. The zero-order chi connectivity index (χ0) is 20.3. The summed E-state index contributed by atoms with van der Waals surface area (Å²) in [6.45, 7) is 6.44. The second-order valence-electron chi connectivity index (χ2n) is 9.81. The Bertz CT molecular complexity index is 804. The number of benzene rings is 1. The van der Waals surface area contributed by atoms with E-state index in [0.717, 1.165) is 24.0 Å². The van der Waals surface area contributed by atoms with Crippen LogP contribution >= 0.6 is 0 Å². The third kappa shape index (κ3) is 3.16. The minimum Gasteiger partial charge on any atom is -0.447 e. The van der Waals surface area contributed by atoms with Crippen LogP contribution in [0.4, 0.5) is 9.18 Å². The number of ether oxygens (including phenoxy) is 1. The molecular weight excluding hydrogens is 359 g/mol. The lowest BCUT2D eigenvalue weighted by Gasteiger charge is -2.47. The van der Waals surface area contributed by atoms with Gasteiger partial charge in [-0.05, 0) is 54.2 Å². The van der Waals surface area contributed by atoms with Crippen LogP contribution in [0.5, 0.6) is 0 Å². The molecule has 5 nitrogen and oxygen atoms in total. The molecule has 0 atom stereocenters. The first-order valence-corrected chi connectivity index (χ1v) is 10.1. The van der Waals surface area contributed by atoms with Crippen LogP contribution in [0.3, 0.4) is 0 Å². The predicted molar refractivity (Wildman–Crippen MR) is 104 cm³/mol. The standard InChI is InChI=1S/C22H29FN2O3/c1-21(2,3)17-9-13(5-6-18(17)23)14-7-16(8-14)24-19(26)15-10-22(11-15)12-28-20(27)25(22)4/h5-6,9,14-16H,7-8,10-12H2,1-4H3,(H,24,26). The van der Waals surface area contributed by atoms with Gasteiger partial charge in [0.1, 0.15) is 12.4 Å². The van der Waals surface area contributed by atoms with Crippen LogP contribution in [-0.4, -0.2) is 42.1 Å². The number of cyclic esters (lactones) is 1. The molecule has 2 saturated carbocycles. The van der Waals surface area contributed by atoms with Crippen molar-refractivity contribution in [3.8, 4) is 0 Å².